The molecule has 2 N–H and O–H groups in total. The van der Waals surface area contributed by atoms with Gasteiger partial charge in [-0.05, 0) is 43.6 Å². The lowest BCUT2D eigenvalue weighted by Gasteiger charge is -2.27. The Morgan fingerprint density at radius 2 is 1.89 bits per heavy atom. The van der Waals surface area contributed by atoms with Crippen LogP contribution in [0.3, 0.4) is 0 Å². The van der Waals surface area contributed by atoms with Gasteiger partial charge in [0.05, 0.1) is 24.5 Å². The van der Waals surface area contributed by atoms with Crippen molar-refractivity contribution < 1.29 is 24.2 Å². The number of carboxylic acids is 1. The normalized spacial score (nSPS) is 24.7. The van der Waals surface area contributed by atoms with E-state index in [0.717, 1.165) is 49.0 Å². The van der Waals surface area contributed by atoms with Gasteiger partial charge in [-0.3, -0.25) is 9.59 Å². The molecule has 0 aliphatic heterocycles. The summed E-state index contributed by atoms with van der Waals surface area (Å²) in [6, 6.07) is 0. The summed E-state index contributed by atoms with van der Waals surface area (Å²) >= 11 is 1.45. The molecular weight excluding hydrogens is 366 g/mol. The van der Waals surface area contributed by atoms with Crippen molar-refractivity contribution in [3.05, 3.63) is 16.0 Å². The van der Waals surface area contributed by atoms with E-state index in [1.807, 2.05) is 0 Å². The predicted molar refractivity (Wildman–Crippen MR) is 103 cm³/mol. The van der Waals surface area contributed by atoms with Crippen molar-refractivity contribution in [1.29, 1.82) is 0 Å². The number of fused-ring (bicyclic) bond motifs is 1. The molecule has 27 heavy (non-hydrogen) atoms. The van der Waals surface area contributed by atoms with Gasteiger partial charge in [0, 0.05) is 4.88 Å². The lowest BCUT2D eigenvalue weighted by atomic mass is 9.78. The zero-order valence-corrected chi connectivity index (χ0v) is 16.7. The van der Waals surface area contributed by atoms with Crippen LogP contribution in [0.4, 0.5) is 5.00 Å². The zero-order valence-electron chi connectivity index (χ0n) is 15.9. The zero-order chi connectivity index (χ0) is 19.6. The van der Waals surface area contributed by atoms with E-state index in [2.05, 4.69) is 12.2 Å². The van der Waals surface area contributed by atoms with E-state index in [0.29, 0.717) is 29.3 Å². The molecule has 6 nitrogen and oxygen atoms in total. The highest BCUT2D eigenvalue weighted by Crippen LogP contribution is 2.41. The number of hydrogen-bond acceptors (Lipinski definition) is 5. The molecule has 7 heteroatoms. The molecule has 2 aliphatic rings. The first kappa shape index (κ1) is 19.9. The number of carbonyl (C=O) groups excluding carboxylic acids is 2. The van der Waals surface area contributed by atoms with Crippen LogP contribution in [-0.4, -0.2) is 30.1 Å². The molecule has 0 saturated heterocycles. The van der Waals surface area contributed by atoms with Crippen molar-refractivity contribution in [3.63, 3.8) is 0 Å². The number of esters is 1. The number of anilines is 1. The maximum absolute atomic E-state index is 12.9. The minimum atomic E-state index is -0.917. The van der Waals surface area contributed by atoms with Gasteiger partial charge in [0.1, 0.15) is 5.00 Å². The minimum absolute atomic E-state index is 0.294. The molecule has 1 aromatic heterocycles. The molecule has 0 bridgehead atoms. The van der Waals surface area contributed by atoms with Gasteiger partial charge in [-0.2, -0.15) is 0 Å². The highest BCUT2D eigenvalue weighted by atomic mass is 32.1. The van der Waals surface area contributed by atoms with Gasteiger partial charge in [0.25, 0.3) is 0 Å². The average Bonchev–Trinajstić information content (AvgIpc) is 3.03. The first-order chi connectivity index (χ1) is 13.0. The molecule has 0 unspecified atom stereocenters. The van der Waals surface area contributed by atoms with Gasteiger partial charge in [0.2, 0.25) is 5.91 Å². The number of methoxy groups -OCH3 is 1. The van der Waals surface area contributed by atoms with E-state index in [4.69, 9.17) is 4.74 Å². The van der Waals surface area contributed by atoms with E-state index < -0.39 is 23.8 Å². The molecular formula is C20H27NO5S. The Labute approximate surface area is 163 Å². The Balaban J connectivity index is 1.87. The molecule has 1 fully saturated rings. The molecule has 3 rings (SSSR count). The molecule has 2 aliphatic carbocycles. The van der Waals surface area contributed by atoms with Crippen molar-refractivity contribution >= 4 is 34.2 Å². The Morgan fingerprint density at radius 1 is 1.19 bits per heavy atom. The van der Waals surface area contributed by atoms with Crippen LogP contribution >= 0.6 is 11.3 Å². The van der Waals surface area contributed by atoms with E-state index in [1.165, 1.54) is 18.4 Å². The number of ether oxygens (including phenoxy) is 1. The number of carboxylic acid groups (broad SMARTS) is 1. The van der Waals surface area contributed by atoms with E-state index >= 15 is 0 Å². The van der Waals surface area contributed by atoms with Gasteiger partial charge < -0.3 is 15.2 Å². The first-order valence-corrected chi connectivity index (χ1v) is 10.5. The van der Waals surface area contributed by atoms with Crippen LogP contribution in [0.5, 0.6) is 0 Å². The third-order valence-corrected chi connectivity index (χ3v) is 7.16. The number of carbonyl (C=O) groups is 3. The molecule has 0 spiro atoms. The summed E-state index contributed by atoms with van der Waals surface area (Å²) < 4.78 is 4.96. The third kappa shape index (κ3) is 4.03. The summed E-state index contributed by atoms with van der Waals surface area (Å²) in [4.78, 5) is 37.9. The fraction of sp³-hybridized carbons (Fsp3) is 0.650. The number of nitrogens with one attached hydrogen (secondary N) is 1. The summed E-state index contributed by atoms with van der Waals surface area (Å²) in [6.45, 7) is 2.17. The summed E-state index contributed by atoms with van der Waals surface area (Å²) in [7, 11) is 1.34. The fourth-order valence-electron chi connectivity index (χ4n) is 4.35. The highest BCUT2D eigenvalue weighted by molar-refractivity contribution is 7.17. The van der Waals surface area contributed by atoms with Gasteiger partial charge >= 0.3 is 11.9 Å². The average molecular weight is 394 g/mol. The van der Waals surface area contributed by atoms with Crippen molar-refractivity contribution in [1.82, 2.24) is 0 Å². The van der Waals surface area contributed by atoms with Crippen molar-refractivity contribution in [2.75, 3.05) is 12.4 Å². The fourth-order valence-corrected chi connectivity index (χ4v) is 5.71. The van der Waals surface area contributed by atoms with Crippen LogP contribution in [0.1, 0.15) is 66.2 Å². The number of rotatable bonds is 5. The summed E-state index contributed by atoms with van der Waals surface area (Å²) in [5, 5.41) is 12.8. The molecule has 1 amide bonds. The minimum Gasteiger partial charge on any atom is -0.481 e. The Bertz CT molecular complexity index is 741. The quantitative estimate of drug-likeness (QED) is 0.741. The van der Waals surface area contributed by atoms with Crippen LogP contribution in [-0.2, 0) is 27.2 Å². The van der Waals surface area contributed by atoms with Crippen molar-refractivity contribution in [3.8, 4) is 0 Å². The number of thiophene rings is 1. The second kappa shape index (κ2) is 8.42. The molecule has 1 heterocycles. The number of aliphatic carboxylic acids is 1. The standard InChI is InChI=1S/C20H27NO5S/c1-3-11-8-9-14-15(10-11)27-18(16(14)20(25)26-2)21-17(22)12-6-4-5-7-13(12)19(23)24/h11-13H,3-10H2,1-2H3,(H,21,22)(H,23,24)/t11-,12-,13-/m0/s1. The SMILES string of the molecule is CC[C@H]1CCc2c(sc(NC(=O)[C@H]3CCCC[C@@H]3C(=O)O)c2C(=O)OC)C1. The van der Waals surface area contributed by atoms with Crippen molar-refractivity contribution in [2.24, 2.45) is 17.8 Å². The highest BCUT2D eigenvalue weighted by Gasteiger charge is 2.37. The smallest absolute Gasteiger partial charge is 0.341 e. The molecule has 1 saturated carbocycles. The number of amides is 1. The van der Waals surface area contributed by atoms with Gasteiger partial charge in [0.15, 0.2) is 0 Å². The second-order valence-electron chi connectivity index (χ2n) is 7.54. The predicted octanol–water partition coefficient (Wildman–Crippen LogP) is 3.88. The van der Waals surface area contributed by atoms with Gasteiger partial charge in [-0.15, -0.1) is 11.3 Å². The van der Waals surface area contributed by atoms with Gasteiger partial charge in [-0.1, -0.05) is 26.2 Å². The second-order valence-corrected chi connectivity index (χ2v) is 8.65. The summed E-state index contributed by atoms with van der Waals surface area (Å²) in [5.74, 6) is -2.25. The topological polar surface area (TPSA) is 92.7 Å². The molecule has 1 aromatic rings. The molecule has 148 valence electrons. The summed E-state index contributed by atoms with van der Waals surface area (Å²) in [5.41, 5.74) is 1.45. The van der Waals surface area contributed by atoms with Crippen molar-refractivity contribution in [2.45, 2.75) is 58.3 Å². The Hall–Kier alpha value is -1.89. The van der Waals surface area contributed by atoms with Crippen LogP contribution in [0.2, 0.25) is 0 Å². The lowest BCUT2D eigenvalue weighted by Crippen LogP contribution is -2.36. The largest absolute Gasteiger partial charge is 0.481 e. The Kier molecular flexibility index (Phi) is 6.19. The maximum Gasteiger partial charge on any atom is 0.341 e. The summed E-state index contributed by atoms with van der Waals surface area (Å²) in [6.07, 6.45) is 6.63. The van der Waals surface area contributed by atoms with Crippen LogP contribution in [0, 0.1) is 17.8 Å². The molecule has 0 aromatic carbocycles. The van der Waals surface area contributed by atoms with E-state index in [1.54, 1.807) is 0 Å². The maximum atomic E-state index is 12.9. The Morgan fingerprint density at radius 3 is 2.52 bits per heavy atom. The third-order valence-electron chi connectivity index (χ3n) is 5.99. The van der Waals surface area contributed by atoms with Crippen LogP contribution in [0.25, 0.3) is 0 Å². The van der Waals surface area contributed by atoms with Gasteiger partial charge in [-0.25, -0.2) is 4.79 Å². The van der Waals surface area contributed by atoms with Crippen LogP contribution in [0.15, 0.2) is 0 Å². The lowest BCUT2D eigenvalue weighted by molar-refractivity contribution is -0.147. The molecule has 3 atom stereocenters. The molecule has 0 radical (unpaired) electrons. The van der Waals surface area contributed by atoms with E-state index in [-0.39, 0.29) is 5.91 Å². The monoisotopic (exact) mass is 393 g/mol. The van der Waals surface area contributed by atoms with E-state index in [9.17, 15) is 19.5 Å². The number of hydrogen-bond donors (Lipinski definition) is 2. The first-order valence-electron chi connectivity index (χ1n) is 9.72. The van der Waals surface area contributed by atoms with Crippen LogP contribution < -0.4 is 5.32 Å².